The molecule has 1 amide bonds. The Labute approximate surface area is 140 Å². The van der Waals surface area contributed by atoms with Crippen LogP contribution in [0.4, 0.5) is 0 Å². The number of carbonyl (C=O) groups excluding carboxylic acids is 1. The van der Waals surface area contributed by atoms with Crippen molar-refractivity contribution in [3.63, 3.8) is 0 Å². The maximum absolute atomic E-state index is 11.9. The molecule has 1 saturated carbocycles. The second-order valence-corrected chi connectivity index (χ2v) is 7.23. The van der Waals surface area contributed by atoms with Crippen LogP contribution in [0.25, 0.3) is 0 Å². The van der Waals surface area contributed by atoms with Crippen LogP contribution < -0.4 is 5.32 Å². The lowest BCUT2D eigenvalue weighted by atomic mass is 9.89. The molecule has 0 bridgehead atoms. The molecule has 1 aromatic rings. The topological polar surface area (TPSA) is 32.3 Å². The Morgan fingerprint density at radius 2 is 1.74 bits per heavy atom. The number of hydrogen-bond donors (Lipinski definition) is 1. The molecule has 3 nitrogen and oxygen atoms in total. The second kappa shape index (κ2) is 8.49. The third-order valence-electron chi connectivity index (χ3n) is 5.56. The molecule has 3 heteroatoms. The first-order chi connectivity index (χ1) is 11.3. The van der Waals surface area contributed by atoms with Crippen molar-refractivity contribution < 1.29 is 4.79 Å². The Kier molecular flexibility index (Phi) is 6.09. The van der Waals surface area contributed by atoms with Gasteiger partial charge in [-0.1, -0.05) is 43.2 Å². The predicted molar refractivity (Wildman–Crippen MR) is 94.4 cm³/mol. The summed E-state index contributed by atoms with van der Waals surface area (Å²) in [6.07, 6.45) is 8.35. The molecule has 2 fully saturated rings. The maximum atomic E-state index is 11.9. The lowest BCUT2D eigenvalue weighted by Gasteiger charge is -2.32. The summed E-state index contributed by atoms with van der Waals surface area (Å²) in [7, 11) is 0. The van der Waals surface area contributed by atoms with Crippen molar-refractivity contribution >= 4 is 5.91 Å². The lowest BCUT2D eigenvalue weighted by molar-refractivity contribution is -0.122. The van der Waals surface area contributed by atoms with Crippen LogP contribution in [0.2, 0.25) is 0 Å². The first-order valence-corrected chi connectivity index (χ1v) is 9.35. The van der Waals surface area contributed by atoms with Gasteiger partial charge >= 0.3 is 0 Å². The van der Waals surface area contributed by atoms with Crippen LogP contribution in [0.15, 0.2) is 30.3 Å². The molecule has 0 spiro atoms. The molecular weight excluding hydrogens is 284 g/mol. The average Bonchev–Trinajstić information content (AvgIpc) is 3.09. The SMILES string of the molecule is O=C(CC1CCCC1)NCCN1CCC(c2ccccc2)CC1. The van der Waals surface area contributed by atoms with E-state index in [1.165, 1.54) is 44.1 Å². The molecule has 126 valence electrons. The highest BCUT2D eigenvalue weighted by molar-refractivity contribution is 5.76. The Morgan fingerprint density at radius 1 is 1.04 bits per heavy atom. The molecule has 0 atom stereocenters. The molecule has 3 rings (SSSR count). The highest BCUT2D eigenvalue weighted by Crippen LogP contribution is 2.28. The number of nitrogens with one attached hydrogen (secondary N) is 1. The molecule has 1 heterocycles. The smallest absolute Gasteiger partial charge is 0.220 e. The summed E-state index contributed by atoms with van der Waals surface area (Å²) in [6.45, 7) is 4.11. The van der Waals surface area contributed by atoms with Gasteiger partial charge in [0, 0.05) is 19.5 Å². The zero-order valence-corrected chi connectivity index (χ0v) is 14.2. The fraction of sp³-hybridized carbons (Fsp3) is 0.650. The number of carbonyl (C=O) groups is 1. The zero-order chi connectivity index (χ0) is 15.9. The van der Waals surface area contributed by atoms with Crippen LogP contribution in [0, 0.1) is 5.92 Å². The number of hydrogen-bond acceptors (Lipinski definition) is 2. The number of piperidine rings is 1. The Morgan fingerprint density at radius 3 is 2.43 bits per heavy atom. The first kappa shape index (κ1) is 16.5. The molecule has 2 aliphatic rings. The van der Waals surface area contributed by atoms with E-state index in [0.717, 1.165) is 32.6 Å². The lowest BCUT2D eigenvalue weighted by Crippen LogP contribution is -2.39. The largest absolute Gasteiger partial charge is 0.355 e. The maximum Gasteiger partial charge on any atom is 0.220 e. The van der Waals surface area contributed by atoms with Crippen LogP contribution in [-0.4, -0.2) is 37.0 Å². The molecule has 1 aliphatic carbocycles. The quantitative estimate of drug-likeness (QED) is 0.870. The molecule has 0 unspecified atom stereocenters. The van der Waals surface area contributed by atoms with Gasteiger partial charge in [-0.3, -0.25) is 4.79 Å². The van der Waals surface area contributed by atoms with Crippen molar-refractivity contribution in [3.8, 4) is 0 Å². The fourth-order valence-corrected chi connectivity index (χ4v) is 4.12. The van der Waals surface area contributed by atoms with Gasteiger partial charge in [0.2, 0.25) is 5.91 Å². The zero-order valence-electron chi connectivity index (χ0n) is 14.2. The van der Waals surface area contributed by atoms with Crippen molar-refractivity contribution in [2.75, 3.05) is 26.2 Å². The van der Waals surface area contributed by atoms with Gasteiger partial charge in [0.15, 0.2) is 0 Å². The Bertz CT molecular complexity index is 474. The van der Waals surface area contributed by atoms with Gasteiger partial charge in [-0.15, -0.1) is 0 Å². The van der Waals surface area contributed by atoms with Gasteiger partial charge in [-0.05, 0) is 56.2 Å². The summed E-state index contributed by atoms with van der Waals surface area (Å²) in [6, 6.07) is 10.9. The van der Waals surface area contributed by atoms with Crippen molar-refractivity contribution in [3.05, 3.63) is 35.9 Å². The van der Waals surface area contributed by atoms with E-state index in [0.29, 0.717) is 11.8 Å². The average molecular weight is 314 g/mol. The predicted octanol–water partition coefficient (Wildman–Crippen LogP) is 3.56. The van der Waals surface area contributed by atoms with Crippen molar-refractivity contribution in [2.24, 2.45) is 5.92 Å². The number of likely N-dealkylation sites (tertiary alicyclic amines) is 1. The summed E-state index contributed by atoms with van der Waals surface area (Å²) in [5, 5.41) is 3.12. The van der Waals surface area contributed by atoms with Crippen LogP contribution in [0.5, 0.6) is 0 Å². The molecule has 1 saturated heterocycles. The third kappa shape index (κ3) is 5.07. The van der Waals surface area contributed by atoms with Gasteiger partial charge in [-0.25, -0.2) is 0 Å². The normalized spacial score (nSPS) is 20.7. The fourth-order valence-electron chi connectivity index (χ4n) is 4.12. The minimum Gasteiger partial charge on any atom is -0.355 e. The summed E-state index contributed by atoms with van der Waals surface area (Å²) >= 11 is 0. The van der Waals surface area contributed by atoms with Gasteiger partial charge in [0.25, 0.3) is 0 Å². The number of amides is 1. The van der Waals surface area contributed by atoms with Crippen LogP contribution >= 0.6 is 0 Å². The van der Waals surface area contributed by atoms with Gasteiger partial charge in [0.1, 0.15) is 0 Å². The van der Waals surface area contributed by atoms with Crippen LogP contribution in [0.1, 0.15) is 56.4 Å². The molecule has 1 N–H and O–H groups in total. The highest BCUT2D eigenvalue weighted by atomic mass is 16.1. The minimum absolute atomic E-state index is 0.260. The molecule has 1 aromatic carbocycles. The van der Waals surface area contributed by atoms with E-state index in [1.54, 1.807) is 0 Å². The number of benzene rings is 1. The van der Waals surface area contributed by atoms with E-state index >= 15 is 0 Å². The standard InChI is InChI=1S/C20H30N2O/c23-20(16-17-6-4-5-7-17)21-12-15-22-13-10-19(11-14-22)18-8-2-1-3-9-18/h1-3,8-9,17,19H,4-7,10-16H2,(H,21,23). The Balaban J connectivity index is 1.31. The van der Waals surface area contributed by atoms with E-state index in [-0.39, 0.29) is 5.91 Å². The molecule has 0 radical (unpaired) electrons. The van der Waals surface area contributed by atoms with Gasteiger partial charge in [-0.2, -0.15) is 0 Å². The summed E-state index contributed by atoms with van der Waals surface area (Å²) < 4.78 is 0. The summed E-state index contributed by atoms with van der Waals surface area (Å²) in [4.78, 5) is 14.4. The first-order valence-electron chi connectivity index (χ1n) is 9.35. The number of nitrogens with zero attached hydrogens (tertiary/aromatic N) is 1. The number of rotatable bonds is 6. The third-order valence-corrected chi connectivity index (χ3v) is 5.56. The van der Waals surface area contributed by atoms with Crippen LogP contribution in [0.3, 0.4) is 0 Å². The monoisotopic (exact) mass is 314 g/mol. The van der Waals surface area contributed by atoms with E-state index in [1.807, 2.05) is 0 Å². The van der Waals surface area contributed by atoms with E-state index in [9.17, 15) is 4.79 Å². The van der Waals surface area contributed by atoms with E-state index < -0.39 is 0 Å². The van der Waals surface area contributed by atoms with Crippen molar-refractivity contribution in [1.29, 1.82) is 0 Å². The van der Waals surface area contributed by atoms with Gasteiger partial charge < -0.3 is 10.2 Å². The minimum atomic E-state index is 0.260. The second-order valence-electron chi connectivity index (χ2n) is 7.23. The van der Waals surface area contributed by atoms with Crippen LogP contribution in [-0.2, 0) is 4.79 Å². The molecule has 1 aliphatic heterocycles. The summed E-state index contributed by atoms with van der Waals surface area (Å²) in [5.74, 6) is 1.62. The van der Waals surface area contributed by atoms with Crippen molar-refractivity contribution in [2.45, 2.75) is 50.9 Å². The highest BCUT2D eigenvalue weighted by Gasteiger charge is 2.21. The van der Waals surface area contributed by atoms with E-state index in [4.69, 9.17) is 0 Å². The van der Waals surface area contributed by atoms with Gasteiger partial charge in [0.05, 0.1) is 0 Å². The van der Waals surface area contributed by atoms with E-state index in [2.05, 4.69) is 40.5 Å². The summed E-state index contributed by atoms with van der Waals surface area (Å²) in [5.41, 5.74) is 1.48. The molecule has 0 aromatic heterocycles. The molecular formula is C20H30N2O. The van der Waals surface area contributed by atoms with Crippen molar-refractivity contribution in [1.82, 2.24) is 10.2 Å². The Hall–Kier alpha value is -1.35. The molecule has 23 heavy (non-hydrogen) atoms.